The second-order valence-corrected chi connectivity index (χ2v) is 13.1. The Kier molecular flexibility index (Phi) is 16.9. The maximum atomic E-state index is 13.5. The first-order valence-corrected chi connectivity index (χ1v) is 17.5. The lowest BCUT2D eigenvalue weighted by molar-refractivity contribution is -0.153. The molecule has 0 aliphatic carbocycles. The minimum atomic E-state index is -1.60. The van der Waals surface area contributed by atoms with Gasteiger partial charge >= 0.3 is 17.9 Å². The zero-order valence-corrected chi connectivity index (χ0v) is 29.9. The van der Waals surface area contributed by atoms with Gasteiger partial charge in [0.25, 0.3) is 0 Å². The molecular weight excluding hydrogens is 682 g/mol. The number of benzene rings is 3. The number of aliphatic carboxylic acids is 2. The summed E-state index contributed by atoms with van der Waals surface area (Å²) in [5.74, 6) is -7.59. The number of rotatable bonds is 22. The highest BCUT2D eigenvalue weighted by molar-refractivity contribution is 5.97. The van der Waals surface area contributed by atoms with Gasteiger partial charge < -0.3 is 30.9 Å². The van der Waals surface area contributed by atoms with Crippen LogP contribution in [0.15, 0.2) is 91.0 Å². The van der Waals surface area contributed by atoms with Gasteiger partial charge in [-0.3, -0.25) is 33.6 Å². The second-order valence-electron chi connectivity index (χ2n) is 13.1. The van der Waals surface area contributed by atoms with Crippen LogP contribution >= 0.6 is 0 Å². The summed E-state index contributed by atoms with van der Waals surface area (Å²) in [6.45, 7) is 2.40. The van der Waals surface area contributed by atoms with Crippen LogP contribution in [0.3, 0.4) is 0 Å². The summed E-state index contributed by atoms with van der Waals surface area (Å²) in [6.07, 6.45) is -0.461. The summed E-state index contributed by atoms with van der Waals surface area (Å²) < 4.78 is 5.40. The molecule has 0 spiro atoms. The predicted octanol–water partition coefficient (Wildman–Crippen LogP) is 3.28. The molecule has 13 nitrogen and oxygen atoms in total. The molecule has 0 heterocycles. The molecule has 282 valence electrons. The van der Waals surface area contributed by atoms with Gasteiger partial charge in [0.15, 0.2) is 12.4 Å². The Bertz CT molecular complexity index is 1640. The summed E-state index contributed by atoms with van der Waals surface area (Å²) in [4.78, 5) is 89.2. The van der Waals surface area contributed by atoms with E-state index in [0.29, 0.717) is 19.3 Å². The quantitative estimate of drug-likeness (QED) is 0.0955. The summed E-state index contributed by atoms with van der Waals surface area (Å²) in [5.41, 5.74) is 2.66. The molecule has 53 heavy (non-hydrogen) atoms. The van der Waals surface area contributed by atoms with Crippen LogP contribution in [0.5, 0.6) is 0 Å². The standard InChI is InChI=1S/C40H47N3O10/c1-26(2)37(43-38(50)31(19-21-35(46)47)41-34(45)20-18-27-12-6-3-7-13-27)39(51)42-32(24-36(48)49)33(44)25-53-40(52)30(22-28-14-8-4-9-15-28)23-29-16-10-5-11-17-29/h3-17,26,30-32,37H,18-25H2,1-2H3,(H,41,45)(H,42,51)(H,43,50)(H,46,47)(H,48,49). The molecule has 0 aliphatic rings. The highest BCUT2D eigenvalue weighted by atomic mass is 16.5. The number of hydrogen-bond acceptors (Lipinski definition) is 8. The maximum absolute atomic E-state index is 13.5. The third kappa shape index (κ3) is 15.1. The van der Waals surface area contributed by atoms with Gasteiger partial charge in [0.1, 0.15) is 18.1 Å². The fourth-order valence-corrected chi connectivity index (χ4v) is 5.57. The summed E-state index contributed by atoms with van der Waals surface area (Å²) in [5, 5.41) is 26.2. The Morgan fingerprint density at radius 3 is 1.64 bits per heavy atom. The third-order valence-electron chi connectivity index (χ3n) is 8.45. The molecule has 3 amide bonds. The number of carbonyl (C=O) groups is 7. The molecule has 3 atom stereocenters. The Morgan fingerprint density at radius 2 is 1.15 bits per heavy atom. The van der Waals surface area contributed by atoms with Crippen molar-refractivity contribution in [2.45, 2.75) is 76.9 Å². The van der Waals surface area contributed by atoms with Crippen molar-refractivity contribution in [1.29, 1.82) is 0 Å². The maximum Gasteiger partial charge on any atom is 0.310 e. The van der Waals surface area contributed by atoms with Gasteiger partial charge in [0.05, 0.1) is 12.3 Å². The molecule has 5 N–H and O–H groups in total. The van der Waals surface area contributed by atoms with Gasteiger partial charge in [-0.2, -0.15) is 0 Å². The smallest absolute Gasteiger partial charge is 0.310 e. The van der Waals surface area contributed by atoms with E-state index in [1.54, 1.807) is 13.8 Å². The molecule has 3 rings (SSSR count). The Hall–Kier alpha value is -5.85. The molecule has 0 radical (unpaired) electrons. The number of carbonyl (C=O) groups excluding carboxylic acids is 5. The number of amides is 3. The molecular formula is C40H47N3O10. The van der Waals surface area contributed by atoms with Crippen LogP contribution in [0, 0.1) is 11.8 Å². The summed E-state index contributed by atoms with van der Waals surface area (Å²) in [6, 6.07) is 23.5. The van der Waals surface area contributed by atoms with Gasteiger partial charge in [-0.1, -0.05) is 105 Å². The van der Waals surface area contributed by atoms with Gasteiger partial charge in [-0.15, -0.1) is 0 Å². The van der Waals surface area contributed by atoms with E-state index in [0.717, 1.165) is 16.7 Å². The molecule has 0 aromatic heterocycles. The van der Waals surface area contributed by atoms with E-state index >= 15 is 0 Å². The molecule has 0 aliphatic heterocycles. The number of hydrogen-bond donors (Lipinski definition) is 5. The van der Waals surface area contributed by atoms with Gasteiger partial charge in [0, 0.05) is 12.8 Å². The van der Waals surface area contributed by atoms with Crippen LogP contribution < -0.4 is 16.0 Å². The van der Waals surface area contributed by atoms with Crippen LogP contribution in [0.1, 0.15) is 56.2 Å². The minimum absolute atomic E-state index is 0.0256. The highest BCUT2D eigenvalue weighted by Crippen LogP contribution is 2.17. The van der Waals surface area contributed by atoms with Gasteiger partial charge in [0.2, 0.25) is 17.7 Å². The second kappa shape index (κ2) is 21.5. The number of aryl methyl sites for hydroxylation is 1. The van der Waals surface area contributed by atoms with Crippen LogP contribution in [-0.2, 0) is 57.6 Å². The summed E-state index contributed by atoms with van der Waals surface area (Å²) >= 11 is 0. The first-order valence-electron chi connectivity index (χ1n) is 17.5. The van der Waals surface area contributed by atoms with E-state index in [2.05, 4.69) is 16.0 Å². The van der Waals surface area contributed by atoms with Crippen LogP contribution in [0.4, 0.5) is 0 Å². The predicted molar refractivity (Wildman–Crippen MR) is 194 cm³/mol. The van der Waals surface area contributed by atoms with Crippen LogP contribution in [0.2, 0.25) is 0 Å². The van der Waals surface area contributed by atoms with Crippen molar-refractivity contribution < 1.29 is 48.5 Å². The van der Waals surface area contributed by atoms with E-state index in [1.807, 2.05) is 91.0 Å². The minimum Gasteiger partial charge on any atom is -0.481 e. The number of esters is 1. The number of Topliss-reactive ketones (excluding diaryl/α,β-unsaturated/α-hetero) is 1. The van der Waals surface area contributed by atoms with Crippen LogP contribution in [0.25, 0.3) is 0 Å². The Labute approximate surface area is 308 Å². The highest BCUT2D eigenvalue weighted by Gasteiger charge is 2.33. The van der Waals surface area contributed by atoms with Crippen molar-refractivity contribution in [1.82, 2.24) is 16.0 Å². The van der Waals surface area contributed by atoms with Crippen molar-refractivity contribution in [2.75, 3.05) is 6.61 Å². The van der Waals surface area contributed by atoms with Gasteiger partial charge in [-0.05, 0) is 48.3 Å². The molecule has 13 heteroatoms. The van der Waals surface area contributed by atoms with E-state index < -0.39 is 90.8 Å². The topological polar surface area (TPSA) is 205 Å². The molecule has 0 bridgehead atoms. The fraction of sp³-hybridized carbons (Fsp3) is 0.375. The Morgan fingerprint density at radius 1 is 0.623 bits per heavy atom. The third-order valence-corrected chi connectivity index (χ3v) is 8.45. The van der Waals surface area contributed by atoms with E-state index in [9.17, 15) is 43.8 Å². The molecule has 0 saturated carbocycles. The molecule has 0 saturated heterocycles. The number of nitrogens with one attached hydrogen (secondary N) is 3. The Balaban J connectivity index is 1.67. The lowest BCUT2D eigenvalue weighted by atomic mass is 9.92. The number of ether oxygens (including phenoxy) is 1. The number of carboxylic acids is 2. The number of carboxylic acid groups (broad SMARTS) is 2. The zero-order valence-electron chi connectivity index (χ0n) is 29.9. The van der Waals surface area contributed by atoms with Crippen molar-refractivity contribution in [3.8, 4) is 0 Å². The first kappa shape index (κ1) is 41.6. The number of ketones is 1. The van der Waals surface area contributed by atoms with Crippen molar-refractivity contribution >= 4 is 41.4 Å². The van der Waals surface area contributed by atoms with Crippen molar-refractivity contribution in [3.05, 3.63) is 108 Å². The average molecular weight is 730 g/mol. The zero-order chi connectivity index (χ0) is 38.8. The molecule has 3 aromatic rings. The van der Waals surface area contributed by atoms with E-state index in [-0.39, 0.29) is 12.8 Å². The largest absolute Gasteiger partial charge is 0.481 e. The van der Waals surface area contributed by atoms with Crippen LogP contribution in [-0.4, -0.2) is 76.4 Å². The lowest BCUT2D eigenvalue weighted by Gasteiger charge is -2.27. The lowest BCUT2D eigenvalue weighted by Crippen LogP contribution is -2.58. The monoisotopic (exact) mass is 729 g/mol. The van der Waals surface area contributed by atoms with Crippen molar-refractivity contribution in [2.24, 2.45) is 11.8 Å². The fourth-order valence-electron chi connectivity index (χ4n) is 5.57. The molecule has 3 aromatic carbocycles. The molecule has 3 unspecified atom stereocenters. The van der Waals surface area contributed by atoms with E-state index in [1.165, 1.54) is 0 Å². The van der Waals surface area contributed by atoms with Crippen molar-refractivity contribution in [3.63, 3.8) is 0 Å². The van der Waals surface area contributed by atoms with E-state index in [4.69, 9.17) is 4.74 Å². The summed E-state index contributed by atoms with van der Waals surface area (Å²) in [7, 11) is 0. The van der Waals surface area contributed by atoms with Gasteiger partial charge in [-0.25, -0.2) is 0 Å². The molecule has 0 fully saturated rings. The normalized spacial score (nSPS) is 12.6. The SMILES string of the molecule is CC(C)C(NC(=O)C(CCC(=O)O)NC(=O)CCc1ccccc1)C(=O)NC(CC(=O)O)C(=O)COC(=O)C(Cc1ccccc1)Cc1ccccc1. The first-order chi connectivity index (χ1) is 25.3. The average Bonchev–Trinajstić information content (AvgIpc) is 3.13.